The second kappa shape index (κ2) is 3.30. The van der Waals surface area contributed by atoms with Crippen molar-refractivity contribution in [3.8, 4) is 0 Å². The van der Waals surface area contributed by atoms with Crippen LogP contribution in [0.3, 0.4) is 0 Å². The molecule has 1 aliphatic carbocycles. The lowest BCUT2D eigenvalue weighted by atomic mass is 10.1. The van der Waals surface area contributed by atoms with E-state index in [1.54, 1.807) is 0 Å². The third-order valence-electron chi connectivity index (χ3n) is 2.44. The molecule has 0 spiro atoms. The molecule has 0 N–H and O–H groups in total. The molecule has 0 saturated heterocycles. The third-order valence-corrected chi connectivity index (χ3v) is 2.44. The van der Waals surface area contributed by atoms with Gasteiger partial charge in [0.05, 0.1) is 9.85 Å². The summed E-state index contributed by atoms with van der Waals surface area (Å²) in [6, 6.07) is 3.70. The fourth-order valence-corrected chi connectivity index (χ4v) is 1.54. The first-order valence-electron chi connectivity index (χ1n) is 4.52. The normalized spacial score (nSPS) is 14.9. The zero-order valence-electron chi connectivity index (χ0n) is 7.75. The smallest absolute Gasteiger partial charge is 0.258 e. The van der Waals surface area contributed by atoms with Crippen molar-refractivity contribution in [1.29, 1.82) is 0 Å². The van der Waals surface area contributed by atoms with E-state index in [0.29, 0.717) is 5.56 Å². The highest BCUT2D eigenvalue weighted by Crippen LogP contribution is 2.45. The van der Waals surface area contributed by atoms with Crippen molar-refractivity contribution in [3.05, 3.63) is 44.0 Å². The Balaban J connectivity index is 2.48. The second-order valence-electron chi connectivity index (χ2n) is 3.53. The quantitative estimate of drug-likeness (QED) is 0.563. The van der Waals surface area contributed by atoms with E-state index in [1.165, 1.54) is 18.2 Å². The maximum atomic E-state index is 10.7. The molecule has 15 heavy (non-hydrogen) atoms. The van der Waals surface area contributed by atoms with Gasteiger partial charge >= 0.3 is 0 Å². The van der Waals surface area contributed by atoms with Crippen LogP contribution in [0.15, 0.2) is 18.2 Å². The number of hydrogen-bond acceptors (Lipinski definition) is 4. The Morgan fingerprint density at radius 2 is 1.80 bits per heavy atom. The maximum Gasteiger partial charge on any atom is 0.273 e. The van der Waals surface area contributed by atoms with Gasteiger partial charge in [-0.25, -0.2) is 0 Å². The van der Waals surface area contributed by atoms with Gasteiger partial charge in [-0.15, -0.1) is 0 Å². The molecule has 0 aliphatic heterocycles. The van der Waals surface area contributed by atoms with Crippen molar-refractivity contribution < 1.29 is 9.85 Å². The van der Waals surface area contributed by atoms with Crippen LogP contribution in [0.1, 0.15) is 24.3 Å². The Bertz CT molecular complexity index is 440. The van der Waals surface area contributed by atoms with Crippen LogP contribution in [-0.2, 0) is 0 Å². The minimum Gasteiger partial charge on any atom is -0.258 e. The van der Waals surface area contributed by atoms with Gasteiger partial charge in [-0.3, -0.25) is 20.2 Å². The molecule has 78 valence electrons. The highest BCUT2D eigenvalue weighted by molar-refractivity contribution is 5.51. The van der Waals surface area contributed by atoms with Gasteiger partial charge in [-0.1, -0.05) is 0 Å². The Kier molecular flexibility index (Phi) is 2.11. The van der Waals surface area contributed by atoms with Gasteiger partial charge in [0.15, 0.2) is 0 Å². The van der Waals surface area contributed by atoms with Crippen molar-refractivity contribution >= 4 is 11.4 Å². The van der Waals surface area contributed by atoms with Gasteiger partial charge in [-0.05, 0) is 18.8 Å². The highest BCUT2D eigenvalue weighted by Gasteiger charge is 2.32. The summed E-state index contributed by atoms with van der Waals surface area (Å²) in [5.74, 6) is 0.130. The lowest BCUT2D eigenvalue weighted by molar-refractivity contribution is -0.389. The molecule has 1 aromatic rings. The van der Waals surface area contributed by atoms with E-state index >= 15 is 0 Å². The predicted molar refractivity (Wildman–Crippen MR) is 51.7 cm³/mol. The number of nitro benzene ring substituents is 2. The Morgan fingerprint density at radius 3 is 2.27 bits per heavy atom. The molecular weight excluding hydrogens is 200 g/mol. The van der Waals surface area contributed by atoms with Crippen LogP contribution in [0.4, 0.5) is 11.4 Å². The topological polar surface area (TPSA) is 86.3 Å². The molecular formula is C9H8N2O4. The molecule has 1 fully saturated rings. The molecule has 0 amide bonds. The largest absolute Gasteiger partial charge is 0.273 e. The average molecular weight is 208 g/mol. The highest BCUT2D eigenvalue weighted by atomic mass is 16.6. The zero-order chi connectivity index (χ0) is 11.0. The monoisotopic (exact) mass is 208 g/mol. The molecule has 1 aliphatic rings. The van der Waals surface area contributed by atoms with Crippen LogP contribution in [0.25, 0.3) is 0 Å². The number of non-ortho nitro benzene ring substituents is 1. The number of nitrogens with zero attached hydrogens (tertiary/aromatic N) is 2. The Morgan fingerprint density at radius 1 is 1.13 bits per heavy atom. The standard InChI is InChI=1S/C9H8N2O4/c12-10(13)7-3-4-9(11(14)15)8(5-7)6-1-2-6/h3-6H,1-2H2. The molecule has 0 heterocycles. The molecule has 1 saturated carbocycles. The van der Waals surface area contributed by atoms with Gasteiger partial charge in [-0.2, -0.15) is 0 Å². The number of hydrogen-bond donors (Lipinski definition) is 0. The van der Waals surface area contributed by atoms with E-state index < -0.39 is 9.85 Å². The van der Waals surface area contributed by atoms with Crippen molar-refractivity contribution in [2.24, 2.45) is 0 Å². The molecule has 6 nitrogen and oxygen atoms in total. The van der Waals surface area contributed by atoms with Gasteiger partial charge in [0, 0.05) is 23.8 Å². The van der Waals surface area contributed by atoms with Crippen LogP contribution in [-0.4, -0.2) is 9.85 Å². The SMILES string of the molecule is O=[N+]([O-])c1ccc([N+](=O)[O-])c(C2CC2)c1. The van der Waals surface area contributed by atoms with Crippen molar-refractivity contribution in [3.63, 3.8) is 0 Å². The summed E-state index contributed by atoms with van der Waals surface area (Å²) in [4.78, 5) is 20.2. The number of nitro groups is 2. The molecule has 1 aromatic carbocycles. The molecule has 2 rings (SSSR count). The first kappa shape index (κ1) is 9.57. The van der Waals surface area contributed by atoms with Crippen molar-refractivity contribution in [2.45, 2.75) is 18.8 Å². The Hall–Kier alpha value is -1.98. The summed E-state index contributed by atoms with van der Waals surface area (Å²) in [5, 5.41) is 21.2. The molecule has 0 unspecified atom stereocenters. The van der Waals surface area contributed by atoms with E-state index in [2.05, 4.69) is 0 Å². The summed E-state index contributed by atoms with van der Waals surface area (Å²) >= 11 is 0. The summed E-state index contributed by atoms with van der Waals surface area (Å²) < 4.78 is 0. The minimum atomic E-state index is -0.532. The van der Waals surface area contributed by atoms with Gasteiger partial charge in [0.1, 0.15) is 0 Å². The van der Waals surface area contributed by atoms with Crippen LogP contribution in [0.5, 0.6) is 0 Å². The first-order valence-corrected chi connectivity index (χ1v) is 4.52. The van der Waals surface area contributed by atoms with Crippen LogP contribution in [0.2, 0.25) is 0 Å². The lowest BCUT2D eigenvalue weighted by Gasteiger charge is -2.00. The summed E-state index contributed by atoms with van der Waals surface area (Å²) in [6.07, 6.45) is 1.75. The van der Waals surface area contributed by atoms with E-state index in [9.17, 15) is 20.2 Å². The van der Waals surface area contributed by atoms with E-state index in [4.69, 9.17) is 0 Å². The van der Waals surface area contributed by atoms with Crippen LogP contribution < -0.4 is 0 Å². The van der Waals surface area contributed by atoms with Crippen LogP contribution in [0, 0.1) is 20.2 Å². The molecule has 6 heteroatoms. The fourth-order valence-electron chi connectivity index (χ4n) is 1.54. The summed E-state index contributed by atoms with van der Waals surface area (Å²) in [5.41, 5.74) is 0.403. The molecule has 0 atom stereocenters. The molecule has 0 radical (unpaired) electrons. The van der Waals surface area contributed by atoms with E-state index in [-0.39, 0.29) is 17.3 Å². The van der Waals surface area contributed by atoms with Crippen molar-refractivity contribution in [2.75, 3.05) is 0 Å². The van der Waals surface area contributed by atoms with Crippen LogP contribution >= 0.6 is 0 Å². The zero-order valence-corrected chi connectivity index (χ0v) is 7.75. The van der Waals surface area contributed by atoms with Gasteiger partial charge < -0.3 is 0 Å². The minimum absolute atomic E-state index is 0.0110. The van der Waals surface area contributed by atoms with Gasteiger partial charge in [0.25, 0.3) is 11.4 Å². The third kappa shape index (κ3) is 1.78. The maximum absolute atomic E-state index is 10.7. The molecule has 0 bridgehead atoms. The summed E-state index contributed by atoms with van der Waals surface area (Å²) in [7, 11) is 0. The number of rotatable bonds is 3. The van der Waals surface area contributed by atoms with E-state index in [1.807, 2.05) is 0 Å². The average Bonchev–Trinajstić information content (AvgIpc) is 2.99. The summed E-state index contributed by atoms with van der Waals surface area (Å²) in [6.45, 7) is 0. The lowest BCUT2D eigenvalue weighted by Crippen LogP contribution is -1.96. The fraction of sp³-hybridized carbons (Fsp3) is 0.333. The van der Waals surface area contributed by atoms with Crippen molar-refractivity contribution in [1.82, 2.24) is 0 Å². The molecule has 0 aromatic heterocycles. The van der Waals surface area contributed by atoms with E-state index in [0.717, 1.165) is 12.8 Å². The Labute approximate surface area is 84.8 Å². The predicted octanol–water partition coefficient (Wildman–Crippen LogP) is 2.38. The second-order valence-corrected chi connectivity index (χ2v) is 3.53. The van der Waals surface area contributed by atoms with Gasteiger partial charge in [0.2, 0.25) is 0 Å². The number of benzene rings is 1. The first-order chi connectivity index (χ1) is 7.09.